The number of nitrogens with zero attached hydrogens (tertiary/aromatic N) is 4. The van der Waals surface area contributed by atoms with Crippen molar-refractivity contribution in [1.29, 1.82) is 0 Å². The van der Waals surface area contributed by atoms with E-state index in [0.29, 0.717) is 36.8 Å². The highest BCUT2D eigenvalue weighted by atomic mass is 32.1. The van der Waals surface area contributed by atoms with Gasteiger partial charge in [-0.2, -0.15) is 0 Å². The third kappa shape index (κ3) is 2.99. The molecule has 1 aliphatic carbocycles. The second-order valence-electron chi connectivity index (χ2n) is 7.37. The van der Waals surface area contributed by atoms with Gasteiger partial charge in [0.25, 0.3) is 5.91 Å². The molecule has 2 amide bonds. The SMILES string of the molecule is Cc1nnsc1C(=O)N1CCN(C(=O)[C@@H]2C[C@H]2c2ccc3c(c2)OCO3)CC1. The minimum atomic E-state index is -0.0377. The Morgan fingerprint density at radius 3 is 2.61 bits per heavy atom. The number of fused-ring (bicyclic) bond motifs is 1. The van der Waals surface area contributed by atoms with Crippen molar-refractivity contribution < 1.29 is 19.1 Å². The van der Waals surface area contributed by atoms with Gasteiger partial charge in [0, 0.05) is 32.1 Å². The zero-order valence-corrected chi connectivity index (χ0v) is 16.3. The van der Waals surface area contributed by atoms with Crippen LogP contribution in [0.25, 0.3) is 0 Å². The smallest absolute Gasteiger partial charge is 0.267 e. The summed E-state index contributed by atoms with van der Waals surface area (Å²) in [4.78, 5) is 29.7. The van der Waals surface area contributed by atoms with Crippen LogP contribution in [0.2, 0.25) is 0 Å². The second kappa shape index (κ2) is 6.73. The molecule has 146 valence electrons. The Hall–Kier alpha value is -2.68. The van der Waals surface area contributed by atoms with Gasteiger partial charge in [-0.25, -0.2) is 0 Å². The van der Waals surface area contributed by atoms with Gasteiger partial charge in [-0.05, 0) is 48.5 Å². The van der Waals surface area contributed by atoms with Gasteiger partial charge < -0.3 is 19.3 Å². The first-order valence-electron chi connectivity index (χ1n) is 9.38. The monoisotopic (exact) mass is 400 g/mol. The summed E-state index contributed by atoms with van der Waals surface area (Å²) in [7, 11) is 0. The number of hydrogen-bond acceptors (Lipinski definition) is 7. The molecule has 8 nitrogen and oxygen atoms in total. The van der Waals surface area contributed by atoms with Crippen LogP contribution in [0.15, 0.2) is 18.2 Å². The van der Waals surface area contributed by atoms with Crippen LogP contribution >= 0.6 is 11.5 Å². The zero-order valence-electron chi connectivity index (χ0n) is 15.5. The van der Waals surface area contributed by atoms with Crippen LogP contribution in [0.5, 0.6) is 11.5 Å². The third-order valence-corrected chi connectivity index (χ3v) is 6.47. The Kier molecular flexibility index (Phi) is 4.19. The number of aromatic nitrogens is 2. The summed E-state index contributed by atoms with van der Waals surface area (Å²) in [5, 5.41) is 3.91. The molecular weight excluding hydrogens is 380 g/mol. The van der Waals surface area contributed by atoms with E-state index in [1.54, 1.807) is 11.8 Å². The van der Waals surface area contributed by atoms with Gasteiger partial charge >= 0.3 is 0 Å². The molecule has 0 N–H and O–H groups in total. The van der Waals surface area contributed by atoms with Crippen molar-refractivity contribution in [2.45, 2.75) is 19.3 Å². The summed E-state index contributed by atoms with van der Waals surface area (Å²) in [5.74, 6) is 1.94. The van der Waals surface area contributed by atoms with Crippen LogP contribution in [0.1, 0.15) is 33.3 Å². The maximum absolute atomic E-state index is 12.9. The van der Waals surface area contributed by atoms with Crippen molar-refractivity contribution in [1.82, 2.24) is 19.4 Å². The minimum absolute atomic E-state index is 0.0237. The van der Waals surface area contributed by atoms with E-state index in [0.717, 1.165) is 35.0 Å². The molecule has 1 saturated carbocycles. The Bertz CT molecular complexity index is 938. The Labute approximate surface area is 166 Å². The number of piperazine rings is 1. The number of rotatable bonds is 3. The molecule has 2 aromatic rings. The van der Waals surface area contributed by atoms with Crippen LogP contribution < -0.4 is 9.47 Å². The molecule has 1 aromatic carbocycles. The third-order valence-electron chi connectivity index (χ3n) is 5.66. The fraction of sp³-hybridized carbons (Fsp3) is 0.474. The number of ether oxygens (including phenoxy) is 2. The van der Waals surface area contributed by atoms with E-state index >= 15 is 0 Å². The first-order valence-corrected chi connectivity index (χ1v) is 10.2. The maximum atomic E-state index is 12.9. The van der Waals surface area contributed by atoms with Gasteiger partial charge in [0.05, 0.1) is 5.69 Å². The lowest BCUT2D eigenvalue weighted by atomic mass is 10.1. The van der Waals surface area contributed by atoms with Crippen LogP contribution in [-0.4, -0.2) is 64.2 Å². The van der Waals surface area contributed by atoms with Gasteiger partial charge in [-0.3, -0.25) is 9.59 Å². The predicted molar refractivity (Wildman–Crippen MR) is 101 cm³/mol. The van der Waals surface area contributed by atoms with E-state index in [1.165, 1.54) is 0 Å². The molecule has 28 heavy (non-hydrogen) atoms. The van der Waals surface area contributed by atoms with Gasteiger partial charge in [-0.1, -0.05) is 10.6 Å². The summed E-state index contributed by atoms with van der Waals surface area (Å²) < 4.78 is 14.6. The topological polar surface area (TPSA) is 84.9 Å². The van der Waals surface area contributed by atoms with Crippen molar-refractivity contribution in [3.63, 3.8) is 0 Å². The molecule has 0 bridgehead atoms. The van der Waals surface area contributed by atoms with E-state index in [1.807, 2.05) is 23.1 Å². The van der Waals surface area contributed by atoms with E-state index in [9.17, 15) is 9.59 Å². The normalized spacial score (nSPS) is 23.0. The Morgan fingerprint density at radius 2 is 1.86 bits per heavy atom. The molecule has 2 fully saturated rings. The lowest BCUT2D eigenvalue weighted by molar-refractivity contribution is -0.134. The summed E-state index contributed by atoms with van der Waals surface area (Å²) in [6.07, 6.45) is 0.864. The second-order valence-corrected chi connectivity index (χ2v) is 8.12. The lowest BCUT2D eigenvalue weighted by Gasteiger charge is -2.34. The van der Waals surface area contributed by atoms with Crippen LogP contribution in [0, 0.1) is 12.8 Å². The fourth-order valence-electron chi connectivity index (χ4n) is 3.92. The highest BCUT2D eigenvalue weighted by molar-refractivity contribution is 7.07. The first-order chi connectivity index (χ1) is 13.6. The fourth-order valence-corrected chi connectivity index (χ4v) is 4.54. The molecule has 5 rings (SSSR count). The van der Waals surface area contributed by atoms with Crippen molar-refractivity contribution >= 4 is 23.3 Å². The number of hydrogen-bond donors (Lipinski definition) is 0. The molecule has 2 atom stereocenters. The van der Waals surface area contributed by atoms with Crippen molar-refractivity contribution in [3.8, 4) is 11.5 Å². The average molecular weight is 400 g/mol. The molecule has 2 aliphatic heterocycles. The summed E-state index contributed by atoms with van der Waals surface area (Å²) in [5.41, 5.74) is 1.79. The van der Waals surface area contributed by atoms with Gasteiger partial charge in [0.2, 0.25) is 12.7 Å². The number of carbonyl (C=O) groups is 2. The van der Waals surface area contributed by atoms with Crippen molar-refractivity contribution in [3.05, 3.63) is 34.3 Å². The Morgan fingerprint density at radius 1 is 1.11 bits per heavy atom. The van der Waals surface area contributed by atoms with E-state index in [-0.39, 0.29) is 30.4 Å². The largest absolute Gasteiger partial charge is 0.454 e. The first kappa shape index (κ1) is 17.4. The molecule has 3 aliphatic rings. The molecule has 0 unspecified atom stereocenters. The number of aryl methyl sites for hydroxylation is 1. The van der Waals surface area contributed by atoms with E-state index in [4.69, 9.17) is 9.47 Å². The van der Waals surface area contributed by atoms with Crippen LogP contribution in [0.3, 0.4) is 0 Å². The van der Waals surface area contributed by atoms with Gasteiger partial charge in [0.1, 0.15) is 4.88 Å². The molecule has 1 aromatic heterocycles. The average Bonchev–Trinajstić information content (AvgIpc) is 3.17. The minimum Gasteiger partial charge on any atom is -0.454 e. The Balaban J connectivity index is 1.18. The molecule has 0 spiro atoms. The maximum Gasteiger partial charge on any atom is 0.267 e. The zero-order chi connectivity index (χ0) is 19.3. The molecule has 1 saturated heterocycles. The van der Waals surface area contributed by atoms with Crippen LogP contribution in [-0.2, 0) is 4.79 Å². The highest BCUT2D eigenvalue weighted by Gasteiger charge is 2.46. The summed E-state index contributed by atoms with van der Waals surface area (Å²) in [6.45, 7) is 4.28. The van der Waals surface area contributed by atoms with Crippen molar-refractivity contribution in [2.24, 2.45) is 5.92 Å². The molecule has 0 radical (unpaired) electrons. The van der Waals surface area contributed by atoms with Crippen LogP contribution in [0.4, 0.5) is 0 Å². The van der Waals surface area contributed by atoms with Crippen molar-refractivity contribution in [2.75, 3.05) is 33.0 Å². The number of benzene rings is 1. The summed E-state index contributed by atoms with van der Waals surface area (Å²) >= 11 is 1.13. The lowest BCUT2D eigenvalue weighted by Crippen LogP contribution is -2.51. The van der Waals surface area contributed by atoms with E-state index in [2.05, 4.69) is 9.59 Å². The number of carbonyl (C=O) groups excluding carboxylic acids is 2. The predicted octanol–water partition coefficient (Wildman–Crippen LogP) is 1.66. The van der Waals surface area contributed by atoms with Gasteiger partial charge in [-0.15, -0.1) is 5.10 Å². The number of amides is 2. The standard InChI is InChI=1S/C19H20N4O4S/c1-11-17(28-21-20-11)19(25)23-6-4-22(5-7-23)18(24)14-9-13(14)12-2-3-15-16(8-12)27-10-26-15/h2-3,8,13-14H,4-7,9-10H2,1H3/t13-,14+/m0/s1. The quantitative estimate of drug-likeness (QED) is 0.779. The molecule has 9 heteroatoms. The molecule has 3 heterocycles. The highest BCUT2D eigenvalue weighted by Crippen LogP contribution is 2.50. The van der Waals surface area contributed by atoms with E-state index < -0.39 is 0 Å². The van der Waals surface area contributed by atoms with Gasteiger partial charge in [0.15, 0.2) is 11.5 Å². The molecular formula is C19H20N4O4S. The summed E-state index contributed by atoms with van der Waals surface area (Å²) in [6, 6.07) is 5.92.